The van der Waals surface area contributed by atoms with Crippen LogP contribution in [0.3, 0.4) is 0 Å². The highest BCUT2D eigenvalue weighted by Crippen LogP contribution is 2.63. The molecule has 3 heteroatoms. The van der Waals surface area contributed by atoms with Crippen LogP contribution < -0.4 is 4.90 Å². The van der Waals surface area contributed by atoms with E-state index < -0.39 is 0 Å². The summed E-state index contributed by atoms with van der Waals surface area (Å²) in [4.78, 5) is 7.61. The van der Waals surface area contributed by atoms with Gasteiger partial charge >= 0.3 is 0 Å². The normalized spacial score (nSPS) is 14.0. The Morgan fingerprint density at radius 1 is 0.510 bits per heavy atom. The molecule has 3 nitrogen and oxygen atoms in total. The number of benzene rings is 7. The number of rotatable bonds is 3. The van der Waals surface area contributed by atoms with Crippen molar-refractivity contribution in [2.75, 3.05) is 4.90 Å². The fraction of sp³-hybridized carbons (Fsp3) is 0.0652. The average molecular weight is 626 g/mol. The molecule has 2 heterocycles. The lowest BCUT2D eigenvalue weighted by atomic mass is 9.70. The molecule has 49 heavy (non-hydrogen) atoms. The highest BCUT2D eigenvalue weighted by atomic mass is 15.2. The maximum Gasteiger partial charge on any atom is 0.114 e. The van der Waals surface area contributed by atoms with E-state index in [2.05, 4.69) is 174 Å². The largest absolute Gasteiger partial charge is 0.306 e. The number of fused-ring (bicyclic) bond motifs is 12. The highest BCUT2D eigenvalue weighted by molar-refractivity contribution is 6.04. The summed E-state index contributed by atoms with van der Waals surface area (Å²) in [7, 11) is 0. The van der Waals surface area contributed by atoms with Gasteiger partial charge in [-0.25, -0.2) is 4.98 Å². The third kappa shape index (κ3) is 3.29. The van der Waals surface area contributed by atoms with Gasteiger partial charge in [0.05, 0.1) is 33.5 Å². The Labute approximate surface area is 285 Å². The van der Waals surface area contributed by atoms with Gasteiger partial charge < -0.3 is 4.90 Å². The summed E-state index contributed by atoms with van der Waals surface area (Å²) < 4.78 is 2.44. The van der Waals surface area contributed by atoms with Crippen molar-refractivity contribution in [3.8, 4) is 39.1 Å². The van der Waals surface area contributed by atoms with E-state index >= 15 is 0 Å². The monoisotopic (exact) mass is 625 g/mol. The molecule has 1 aromatic heterocycles. The Hall–Kier alpha value is -6.19. The Balaban J connectivity index is 1.23. The molecule has 11 rings (SSSR count). The molecule has 0 fully saturated rings. The van der Waals surface area contributed by atoms with Crippen molar-refractivity contribution in [3.63, 3.8) is 0 Å². The predicted octanol–water partition coefficient (Wildman–Crippen LogP) is 11.4. The molecule has 0 unspecified atom stereocenters. The molecule has 230 valence electrons. The first-order valence-corrected chi connectivity index (χ1v) is 17.2. The molecule has 0 atom stereocenters. The van der Waals surface area contributed by atoms with Gasteiger partial charge in [0.2, 0.25) is 0 Å². The molecule has 0 amide bonds. The van der Waals surface area contributed by atoms with Gasteiger partial charge in [-0.1, -0.05) is 128 Å². The van der Waals surface area contributed by atoms with Crippen molar-refractivity contribution >= 4 is 28.1 Å². The first-order valence-electron chi connectivity index (χ1n) is 17.2. The maximum absolute atomic E-state index is 5.19. The van der Waals surface area contributed by atoms with E-state index in [-0.39, 0.29) is 5.41 Å². The minimum absolute atomic E-state index is 0.385. The van der Waals surface area contributed by atoms with Crippen LogP contribution in [-0.2, 0) is 11.8 Å². The first-order chi connectivity index (χ1) is 24.3. The number of aromatic nitrogens is 2. The number of hydrogen-bond donors (Lipinski definition) is 0. The maximum atomic E-state index is 5.19. The Kier molecular flexibility index (Phi) is 5.30. The minimum Gasteiger partial charge on any atom is -0.306 e. The zero-order valence-corrected chi connectivity index (χ0v) is 27.1. The van der Waals surface area contributed by atoms with Crippen molar-refractivity contribution in [2.24, 2.45) is 0 Å². The Bertz CT molecular complexity index is 2600. The van der Waals surface area contributed by atoms with Crippen LogP contribution in [0.15, 0.2) is 158 Å². The number of nitrogens with zero attached hydrogens (tertiary/aromatic N) is 3. The number of aryl methyl sites for hydroxylation is 1. The van der Waals surface area contributed by atoms with Gasteiger partial charge in [0.25, 0.3) is 0 Å². The number of hydrogen-bond acceptors (Lipinski definition) is 2. The van der Waals surface area contributed by atoms with Crippen LogP contribution >= 0.6 is 0 Å². The summed E-state index contributed by atoms with van der Waals surface area (Å²) in [6, 6.07) is 58.3. The van der Waals surface area contributed by atoms with Crippen LogP contribution in [0.2, 0.25) is 0 Å². The van der Waals surface area contributed by atoms with E-state index in [4.69, 9.17) is 4.98 Å². The van der Waals surface area contributed by atoms with Crippen LogP contribution in [-0.4, -0.2) is 9.55 Å². The SMILES string of the molecule is CCc1nc2cccc3c2n1-c1c(-c2ccc4c(c2)C2(c5ccccc5-c5ccccc52)c2ccccc2-4)cccc1N3c1ccccc1. The molecule has 8 aromatic rings. The molecule has 1 spiro atoms. The summed E-state index contributed by atoms with van der Waals surface area (Å²) in [5.41, 5.74) is 19.6. The first kappa shape index (κ1) is 26.8. The predicted molar refractivity (Wildman–Crippen MR) is 200 cm³/mol. The number of imidazole rings is 1. The van der Waals surface area contributed by atoms with Gasteiger partial charge in [-0.3, -0.25) is 4.57 Å². The molecule has 0 radical (unpaired) electrons. The third-order valence-corrected chi connectivity index (χ3v) is 11.1. The van der Waals surface area contributed by atoms with Crippen molar-refractivity contribution in [1.82, 2.24) is 9.55 Å². The molecule has 0 N–H and O–H groups in total. The molecular weight excluding hydrogens is 595 g/mol. The van der Waals surface area contributed by atoms with Crippen molar-refractivity contribution < 1.29 is 0 Å². The highest BCUT2D eigenvalue weighted by Gasteiger charge is 2.51. The van der Waals surface area contributed by atoms with Gasteiger partial charge in [-0.05, 0) is 86.5 Å². The van der Waals surface area contributed by atoms with Crippen LogP contribution in [0.4, 0.5) is 17.1 Å². The van der Waals surface area contributed by atoms with Crippen LogP contribution in [0, 0.1) is 0 Å². The molecular formula is C46H31N3. The topological polar surface area (TPSA) is 21.1 Å². The second-order valence-corrected chi connectivity index (χ2v) is 13.4. The summed E-state index contributed by atoms with van der Waals surface area (Å²) in [5.74, 6) is 1.08. The summed E-state index contributed by atoms with van der Waals surface area (Å²) in [6.07, 6.45) is 0.837. The van der Waals surface area contributed by atoms with Gasteiger partial charge in [0, 0.05) is 17.7 Å². The molecule has 3 aliphatic rings. The lowest BCUT2D eigenvalue weighted by Crippen LogP contribution is -2.25. The summed E-state index contributed by atoms with van der Waals surface area (Å²) in [5, 5.41) is 0. The van der Waals surface area contributed by atoms with Gasteiger partial charge in [0.1, 0.15) is 5.82 Å². The quantitative estimate of drug-likeness (QED) is 0.195. The van der Waals surface area contributed by atoms with E-state index in [1.807, 2.05) is 0 Å². The Morgan fingerprint density at radius 2 is 1.08 bits per heavy atom. The second-order valence-electron chi connectivity index (χ2n) is 13.4. The summed E-state index contributed by atoms with van der Waals surface area (Å²) >= 11 is 0. The van der Waals surface area contributed by atoms with Crippen LogP contribution in [0.5, 0.6) is 0 Å². The van der Waals surface area contributed by atoms with Crippen molar-refractivity contribution in [1.29, 1.82) is 0 Å². The van der Waals surface area contributed by atoms with Crippen LogP contribution in [0.1, 0.15) is 35.0 Å². The van der Waals surface area contributed by atoms with E-state index in [9.17, 15) is 0 Å². The van der Waals surface area contributed by atoms with E-state index in [0.29, 0.717) is 0 Å². The zero-order valence-electron chi connectivity index (χ0n) is 27.1. The van der Waals surface area contributed by atoms with Crippen LogP contribution in [0.25, 0.3) is 50.1 Å². The zero-order chi connectivity index (χ0) is 32.3. The third-order valence-electron chi connectivity index (χ3n) is 11.1. The van der Waals surface area contributed by atoms with E-state index in [1.54, 1.807) is 0 Å². The fourth-order valence-corrected chi connectivity index (χ4v) is 9.24. The lowest BCUT2D eigenvalue weighted by molar-refractivity contribution is 0.794. The smallest absolute Gasteiger partial charge is 0.114 e. The molecule has 0 saturated heterocycles. The van der Waals surface area contributed by atoms with Gasteiger partial charge in [-0.15, -0.1) is 0 Å². The van der Waals surface area contributed by atoms with Gasteiger partial charge in [0.15, 0.2) is 0 Å². The molecule has 0 saturated carbocycles. The fourth-order valence-electron chi connectivity index (χ4n) is 9.24. The molecule has 1 aliphatic heterocycles. The molecule has 7 aromatic carbocycles. The molecule has 0 bridgehead atoms. The van der Waals surface area contributed by atoms with Crippen molar-refractivity contribution in [3.05, 3.63) is 186 Å². The van der Waals surface area contributed by atoms with Gasteiger partial charge in [-0.2, -0.15) is 0 Å². The minimum atomic E-state index is -0.385. The second kappa shape index (κ2) is 9.68. The molecule has 2 aliphatic carbocycles. The Morgan fingerprint density at radius 3 is 1.76 bits per heavy atom. The summed E-state index contributed by atoms with van der Waals surface area (Å²) in [6.45, 7) is 2.21. The lowest BCUT2D eigenvalue weighted by Gasteiger charge is -2.34. The van der Waals surface area contributed by atoms with E-state index in [1.165, 1.54) is 61.3 Å². The standard InChI is InChI=1S/C46H31N3/c1-2-43-47-40-23-13-25-42-45(40)49(43)44-31(19-12-24-41(44)48(42)30-14-4-3-5-15-30)29-26-27-35-34-18-8-11-22-38(34)46(39(35)28-29)36-20-9-6-16-32(36)33-17-7-10-21-37(33)46/h3-28H,2H2,1H3. The average Bonchev–Trinajstić information content (AvgIpc) is 3.80. The van der Waals surface area contributed by atoms with E-state index in [0.717, 1.165) is 40.3 Å². The van der Waals surface area contributed by atoms with Crippen molar-refractivity contribution in [2.45, 2.75) is 18.8 Å². The number of anilines is 3. The number of para-hydroxylation sites is 3.